The molecule has 1 aromatic carbocycles. The van der Waals surface area contributed by atoms with Gasteiger partial charge in [0.05, 0.1) is 4.47 Å². The molecule has 0 saturated carbocycles. The summed E-state index contributed by atoms with van der Waals surface area (Å²) in [5.41, 5.74) is 1.00. The van der Waals surface area contributed by atoms with Crippen LogP contribution in [-0.2, 0) is 6.42 Å². The molecule has 0 amide bonds. The first kappa shape index (κ1) is 13.7. The fourth-order valence-electron chi connectivity index (χ4n) is 1.82. The topological polar surface area (TPSA) is 79.4 Å². The molecule has 21 heavy (non-hydrogen) atoms. The smallest absolute Gasteiger partial charge is 0.222 e. The third-order valence-corrected chi connectivity index (χ3v) is 3.24. The van der Waals surface area contributed by atoms with Gasteiger partial charge in [-0.05, 0) is 15.9 Å². The summed E-state index contributed by atoms with van der Waals surface area (Å²) in [6.07, 6.45) is 4.13. The highest BCUT2D eigenvalue weighted by Gasteiger charge is 2.05. The van der Waals surface area contributed by atoms with Gasteiger partial charge in [0.15, 0.2) is 5.82 Å². The molecule has 0 fully saturated rings. The van der Waals surface area contributed by atoms with Crippen LogP contribution in [0.4, 0.5) is 5.95 Å². The molecule has 0 unspecified atom stereocenters. The van der Waals surface area contributed by atoms with Crippen LogP contribution in [0.2, 0.25) is 0 Å². The maximum atomic E-state index is 4.47. The summed E-state index contributed by atoms with van der Waals surface area (Å²) in [6.45, 7) is 0.686. The van der Waals surface area contributed by atoms with Gasteiger partial charge in [0, 0.05) is 30.9 Å². The molecule has 106 valence electrons. The summed E-state index contributed by atoms with van der Waals surface area (Å²) in [5.74, 6) is 2.14. The summed E-state index contributed by atoms with van der Waals surface area (Å²) in [6, 6.07) is 9.89. The van der Waals surface area contributed by atoms with E-state index in [4.69, 9.17) is 0 Å². The van der Waals surface area contributed by atoms with Crippen molar-refractivity contribution in [2.24, 2.45) is 0 Å². The molecule has 0 saturated heterocycles. The molecule has 2 heterocycles. The monoisotopic (exact) mass is 344 g/mol. The van der Waals surface area contributed by atoms with Gasteiger partial charge in [-0.1, -0.05) is 30.3 Å². The van der Waals surface area contributed by atoms with Crippen LogP contribution in [0.15, 0.2) is 47.2 Å². The molecule has 0 bridgehead atoms. The molecule has 3 aromatic rings. The maximum absolute atomic E-state index is 4.47. The highest BCUT2D eigenvalue weighted by atomic mass is 79.9. The number of nitrogens with one attached hydrogen (secondary N) is 2. The second-order valence-electron chi connectivity index (χ2n) is 4.37. The minimum atomic E-state index is 0.598. The molecule has 0 aliphatic heterocycles. The van der Waals surface area contributed by atoms with Crippen LogP contribution in [0.1, 0.15) is 5.82 Å². The van der Waals surface area contributed by atoms with Crippen LogP contribution in [0, 0.1) is 0 Å². The van der Waals surface area contributed by atoms with E-state index < -0.39 is 0 Å². The van der Waals surface area contributed by atoms with Gasteiger partial charge in [0.25, 0.3) is 0 Å². The molecule has 2 N–H and O–H groups in total. The summed E-state index contributed by atoms with van der Waals surface area (Å²) < 4.78 is 0.857. The van der Waals surface area contributed by atoms with Crippen molar-refractivity contribution in [1.82, 2.24) is 25.1 Å². The molecule has 0 aliphatic carbocycles. The third kappa shape index (κ3) is 3.63. The maximum Gasteiger partial charge on any atom is 0.222 e. The number of aromatic amines is 1. The first-order valence-corrected chi connectivity index (χ1v) is 7.29. The zero-order valence-electron chi connectivity index (χ0n) is 11.1. The lowest BCUT2D eigenvalue weighted by atomic mass is 10.2. The Morgan fingerprint density at radius 2 is 1.86 bits per heavy atom. The number of benzene rings is 1. The molecular formula is C14H13BrN6. The van der Waals surface area contributed by atoms with Crippen molar-refractivity contribution in [2.75, 3.05) is 11.9 Å². The molecule has 0 aliphatic rings. The average Bonchev–Trinajstić information content (AvgIpc) is 2.99. The summed E-state index contributed by atoms with van der Waals surface area (Å²) in [7, 11) is 0. The van der Waals surface area contributed by atoms with Gasteiger partial charge in [0.1, 0.15) is 5.82 Å². The number of anilines is 1. The van der Waals surface area contributed by atoms with E-state index in [-0.39, 0.29) is 0 Å². The van der Waals surface area contributed by atoms with Crippen LogP contribution < -0.4 is 5.32 Å². The second-order valence-corrected chi connectivity index (χ2v) is 5.29. The van der Waals surface area contributed by atoms with Crippen molar-refractivity contribution >= 4 is 21.9 Å². The molecule has 3 rings (SSSR count). The van der Waals surface area contributed by atoms with Gasteiger partial charge >= 0.3 is 0 Å². The Kier molecular flexibility index (Phi) is 4.20. The molecular weight excluding hydrogens is 332 g/mol. The van der Waals surface area contributed by atoms with E-state index in [1.807, 2.05) is 30.3 Å². The normalized spacial score (nSPS) is 10.5. The molecule has 7 heteroatoms. The minimum absolute atomic E-state index is 0.598. The molecule has 0 radical (unpaired) electrons. The van der Waals surface area contributed by atoms with E-state index >= 15 is 0 Å². The van der Waals surface area contributed by atoms with Crippen molar-refractivity contribution in [3.63, 3.8) is 0 Å². The van der Waals surface area contributed by atoms with E-state index in [9.17, 15) is 0 Å². The van der Waals surface area contributed by atoms with Crippen LogP contribution >= 0.6 is 15.9 Å². The lowest BCUT2D eigenvalue weighted by Crippen LogP contribution is -2.08. The Hall–Kier alpha value is -2.28. The van der Waals surface area contributed by atoms with Gasteiger partial charge in [-0.2, -0.15) is 5.10 Å². The van der Waals surface area contributed by atoms with Crippen LogP contribution in [0.3, 0.4) is 0 Å². The third-order valence-electron chi connectivity index (χ3n) is 2.83. The molecule has 0 atom stereocenters. The average molecular weight is 345 g/mol. The fraction of sp³-hybridized carbons (Fsp3) is 0.143. The summed E-state index contributed by atoms with van der Waals surface area (Å²) in [5, 5.41) is 10.3. The van der Waals surface area contributed by atoms with Crippen molar-refractivity contribution in [1.29, 1.82) is 0 Å². The van der Waals surface area contributed by atoms with Crippen molar-refractivity contribution in [3.8, 4) is 11.4 Å². The number of hydrogen-bond donors (Lipinski definition) is 2. The quantitative estimate of drug-likeness (QED) is 0.743. The number of halogens is 1. The van der Waals surface area contributed by atoms with E-state index in [1.165, 1.54) is 0 Å². The second kappa shape index (κ2) is 6.45. The van der Waals surface area contributed by atoms with E-state index in [2.05, 4.69) is 46.4 Å². The Labute approximate surface area is 130 Å². The van der Waals surface area contributed by atoms with Gasteiger partial charge in [-0.3, -0.25) is 5.10 Å². The lowest BCUT2D eigenvalue weighted by Gasteiger charge is -2.02. The van der Waals surface area contributed by atoms with Gasteiger partial charge in [-0.25, -0.2) is 15.0 Å². The van der Waals surface area contributed by atoms with Crippen LogP contribution in [-0.4, -0.2) is 31.7 Å². The summed E-state index contributed by atoms with van der Waals surface area (Å²) >= 11 is 3.30. The van der Waals surface area contributed by atoms with E-state index in [0.717, 1.165) is 22.3 Å². The number of hydrogen-bond acceptors (Lipinski definition) is 5. The van der Waals surface area contributed by atoms with Crippen LogP contribution in [0.5, 0.6) is 0 Å². The molecule has 6 nitrogen and oxygen atoms in total. The Morgan fingerprint density at radius 1 is 1.10 bits per heavy atom. The Morgan fingerprint density at radius 3 is 2.62 bits per heavy atom. The van der Waals surface area contributed by atoms with E-state index in [1.54, 1.807) is 12.4 Å². The standard InChI is InChI=1S/C14H13BrN6/c15-11-8-17-14(18-9-11)16-7-6-12-19-13(21-20-12)10-4-2-1-3-5-10/h1-5,8-9H,6-7H2,(H,16,17,18)(H,19,20,21). The van der Waals surface area contributed by atoms with Gasteiger partial charge < -0.3 is 5.32 Å². The zero-order valence-corrected chi connectivity index (χ0v) is 12.7. The van der Waals surface area contributed by atoms with Crippen molar-refractivity contribution < 1.29 is 0 Å². The number of rotatable bonds is 5. The Bertz CT molecular complexity index is 695. The summed E-state index contributed by atoms with van der Waals surface area (Å²) in [4.78, 5) is 12.8. The number of H-pyrrole nitrogens is 1. The first-order chi connectivity index (χ1) is 10.3. The number of nitrogens with zero attached hydrogens (tertiary/aromatic N) is 4. The Balaban J connectivity index is 1.57. The first-order valence-electron chi connectivity index (χ1n) is 6.49. The highest BCUT2D eigenvalue weighted by molar-refractivity contribution is 9.10. The lowest BCUT2D eigenvalue weighted by molar-refractivity contribution is 0.890. The minimum Gasteiger partial charge on any atom is -0.354 e. The zero-order chi connectivity index (χ0) is 14.5. The van der Waals surface area contributed by atoms with Crippen molar-refractivity contribution in [2.45, 2.75) is 6.42 Å². The SMILES string of the molecule is Brc1cnc(NCCc2nc(-c3ccccc3)n[nH]2)nc1. The molecule has 2 aromatic heterocycles. The predicted octanol–water partition coefficient (Wildman–Crippen LogP) is 2.68. The van der Waals surface area contributed by atoms with Crippen LogP contribution in [0.25, 0.3) is 11.4 Å². The molecule has 0 spiro atoms. The van der Waals surface area contributed by atoms with Gasteiger partial charge in [0.2, 0.25) is 5.95 Å². The highest BCUT2D eigenvalue weighted by Crippen LogP contribution is 2.13. The van der Waals surface area contributed by atoms with E-state index in [0.29, 0.717) is 18.3 Å². The fourth-order valence-corrected chi connectivity index (χ4v) is 2.02. The largest absolute Gasteiger partial charge is 0.354 e. The number of aromatic nitrogens is 5. The predicted molar refractivity (Wildman–Crippen MR) is 83.7 cm³/mol. The van der Waals surface area contributed by atoms with Crippen molar-refractivity contribution in [3.05, 3.63) is 53.0 Å². The van der Waals surface area contributed by atoms with Gasteiger partial charge in [-0.15, -0.1) is 0 Å².